The van der Waals surface area contributed by atoms with Gasteiger partial charge in [-0.2, -0.15) is 0 Å². The number of aliphatic hydroxyl groups is 1. The molecule has 2 aliphatic rings. The van der Waals surface area contributed by atoms with Crippen LogP contribution in [0.4, 0.5) is 0 Å². The first-order chi connectivity index (χ1) is 7.72. The van der Waals surface area contributed by atoms with Crippen molar-refractivity contribution in [3.8, 4) is 0 Å². The molecule has 2 rings (SSSR count). The fourth-order valence-electron chi connectivity index (χ4n) is 3.33. The number of piperidine rings is 1. The zero-order valence-electron chi connectivity index (χ0n) is 10.4. The Morgan fingerprint density at radius 1 is 1.25 bits per heavy atom. The van der Waals surface area contributed by atoms with E-state index in [9.17, 15) is 5.11 Å². The molecule has 1 saturated heterocycles. The molecule has 16 heavy (non-hydrogen) atoms. The summed E-state index contributed by atoms with van der Waals surface area (Å²) < 4.78 is 0. The van der Waals surface area contributed by atoms with E-state index >= 15 is 0 Å². The molecule has 1 heterocycles. The van der Waals surface area contributed by atoms with E-state index in [1.807, 2.05) is 0 Å². The molecule has 0 spiro atoms. The minimum absolute atomic E-state index is 0.0967. The first kappa shape index (κ1) is 12.3. The highest BCUT2D eigenvalue weighted by atomic mass is 16.3. The lowest BCUT2D eigenvalue weighted by Crippen LogP contribution is -2.54. The summed E-state index contributed by atoms with van der Waals surface area (Å²) in [4.78, 5) is 2.50. The summed E-state index contributed by atoms with van der Waals surface area (Å²) in [5, 5.41) is 10.1. The van der Waals surface area contributed by atoms with Gasteiger partial charge in [-0.3, -0.25) is 4.90 Å². The van der Waals surface area contributed by atoms with E-state index in [4.69, 9.17) is 5.73 Å². The van der Waals surface area contributed by atoms with Gasteiger partial charge in [0.15, 0.2) is 0 Å². The second-order valence-corrected chi connectivity index (χ2v) is 5.53. The molecule has 1 aliphatic carbocycles. The standard InChI is InChI=1S/C13H26N2O/c1-2-10-9-15(8-7-11(10)14)12-5-3-4-6-13(12)16/h10-13,16H,2-9,14H2,1H3. The maximum Gasteiger partial charge on any atom is 0.0695 e. The van der Waals surface area contributed by atoms with Crippen LogP contribution in [0.1, 0.15) is 45.4 Å². The first-order valence-corrected chi connectivity index (χ1v) is 6.90. The predicted molar refractivity (Wildman–Crippen MR) is 66.2 cm³/mol. The molecule has 1 saturated carbocycles. The maximum atomic E-state index is 10.1. The van der Waals surface area contributed by atoms with Gasteiger partial charge in [0.25, 0.3) is 0 Å². The zero-order valence-corrected chi connectivity index (χ0v) is 10.4. The molecule has 4 atom stereocenters. The van der Waals surface area contributed by atoms with Crippen molar-refractivity contribution in [1.82, 2.24) is 4.90 Å². The number of rotatable bonds is 2. The van der Waals surface area contributed by atoms with Crippen LogP contribution in [0, 0.1) is 5.92 Å². The summed E-state index contributed by atoms with van der Waals surface area (Å²) in [6.45, 7) is 4.41. The van der Waals surface area contributed by atoms with Gasteiger partial charge in [-0.15, -0.1) is 0 Å². The Hall–Kier alpha value is -0.120. The molecule has 94 valence electrons. The van der Waals surface area contributed by atoms with Crippen LogP contribution >= 0.6 is 0 Å². The summed E-state index contributed by atoms with van der Waals surface area (Å²) in [6.07, 6.45) is 6.81. The van der Waals surface area contributed by atoms with Crippen LogP contribution in [-0.4, -0.2) is 41.3 Å². The van der Waals surface area contributed by atoms with E-state index in [1.54, 1.807) is 0 Å². The third kappa shape index (κ3) is 2.58. The van der Waals surface area contributed by atoms with Gasteiger partial charge in [0, 0.05) is 25.2 Å². The highest BCUT2D eigenvalue weighted by Gasteiger charge is 2.33. The van der Waals surface area contributed by atoms with Gasteiger partial charge in [0.1, 0.15) is 0 Å². The Morgan fingerprint density at radius 2 is 2.00 bits per heavy atom. The molecule has 0 bridgehead atoms. The van der Waals surface area contributed by atoms with Gasteiger partial charge in [-0.05, 0) is 25.2 Å². The molecule has 0 aromatic rings. The van der Waals surface area contributed by atoms with Crippen molar-refractivity contribution in [3.63, 3.8) is 0 Å². The second kappa shape index (κ2) is 5.48. The molecule has 3 heteroatoms. The molecule has 1 aliphatic heterocycles. The minimum atomic E-state index is -0.0967. The van der Waals surface area contributed by atoms with Crippen LogP contribution < -0.4 is 5.73 Å². The fraction of sp³-hybridized carbons (Fsp3) is 1.00. The molecule has 3 nitrogen and oxygen atoms in total. The van der Waals surface area contributed by atoms with Crippen molar-refractivity contribution < 1.29 is 5.11 Å². The summed E-state index contributed by atoms with van der Waals surface area (Å²) in [6, 6.07) is 0.789. The van der Waals surface area contributed by atoms with Gasteiger partial charge < -0.3 is 10.8 Å². The Morgan fingerprint density at radius 3 is 2.69 bits per heavy atom. The Balaban J connectivity index is 1.93. The Kier molecular flexibility index (Phi) is 4.22. The molecule has 3 N–H and O–H groups in total. The molecule has 0 aromatic carbocycles. The molecule has 0 amide bonds. The molecule has 2 fully saturated rings. The normalized spacial score (nSPS) is 42.2. The predicted octanol–water partition coefficient (Wildman–Crippen LogP) is 1.35. The Bertz CT molecular complexity index is 222. The fourth-order valence-corrected chi connectivity index (χ4v) is 3.33. The number of nitrogens with zero attached hydrogens (tertiary/aromatic N) is 1. The molecule has 0 radical (unpaired) electrons. The van der Waals surface area contributed by atoms with E-state index in [-0.39, 0.29) is 6.10 Å². The lowest BCUT2D eigenvalue weighted by atomic mass is 9.85. The van der Waals surface area contributed by atoms with E-state index in [0.29, 0.717) is 18.0 Å². The third-order valence-electron chi connectivity index (χ3n) is 4.51. The number of aliphatic hydroxyl groups excluding tert-OH is 1. The van der Waals surface area contributed by atoms with Crippen LogP contribution in [0.15, 0.2) is 0 Å². The van der Waals surface area contributed by atoms with Crippen molar-refractivity contribution in [2.24, 2.45) is 11.7 Å². The van der Waals surface area contributed by atoms with Crippen molar-refractivity contribution in [1.29, 1.82) is 0 Å². The number of likely N-dealkylation sites (tertiary alicyclic amines) is 1. The topological polar surface area (TPSA) is 49.5 Å². The Labute approximate surface area is 99.0 Å². The zero-order chi connectivity index (χ0) is 11.5. The highest BCUT2D eigenvalue weighted by molar-refractivity contribution is 4.89. The molecule has 0 aromatic heterocycles. The van der Waals surface area contributed by atoms with E-state index < -0.39 is 0 Å². The van der Waals surface area contributed by atoms with Gasteiger partial charge >= 0.3 is 0 Å². The average Bonchev–Trinajstić information content (AvgIpc) is 2.31. The smallest absolute Gasteiger partial charge is 0.0695 e. The summed E-state index contributed by atoms with van der Waals surface area (Å²) in [7, 11) is 0. The molecule has 4 unspecified atom stereocenters. The van der Waals surface area contributed by atoms with Gasteiger partial charge in [0.2, 0.25) is 0 Å². The number of hydrogen-bond acceptors (Lipinski definition) is 3. The van der Waals surface area contributed by atoms with E-state index in [1.165, 1.54) is 25.7 Å². The van der Waals surface area contributed by atoms with Gasteiger partial charge in [-0.25, -0.2) is 0 Å². The lowest BCUT2D eigenvalue weighted by molar-refractivity contribution is -0.00401. The van der Waals surface area contributed by atoms with Crippen molar-refractivity contribution in [2.75, 3.05) is 13.1 Å². The molecular formula is C13H26N2O. The van der Waals surface area contributed by atoms with Crippen molar-refractivity contribution >= 4 is 0 Å². The van der Waals surface area contributed by atoms with E-state index in [0.717, 1.165) is 25.9 Å². The van der Waals surface area contributed by atoms with Gasteiger partial charge in [0.05, 0.1) is 6.10 Å². The van der Waals surface area contributed by atoms with Crippen LogP contribution in [0.3, 0.4) is 0 Å². The average molecular weight is 226 g/mol. The summed E-state index contributed by atoms with van der Waals surface area (Å²) >= 11 is 0. The second-order valence-electron chi connectivity index (χ2n) is 5.53. The highest BCUT2D eigenvalue weighted by Crippen LogP contribution is 2.28. The van der Waals surface area contributed by atoms with E-state index in [2.05, 4.69) is 11.8 Å². The largest absolute Gasteiger partial charge is 0.391 e. The lowest BCUT2D eigenvalue weighted by Gasteiger charge is -2.44. The minimum Gasteiger partial charge on any atom is -0.391 e. The maximum absolute atomic E-state index is 10.1. The number of nitrogens with two attached hydrogens (primary N) is 1. The monoisotopic (exact) mass is 226 g/mol. The molecular weight excluding hydrogens is 200 g/mol. The SMILES string of the molecule is CCC1CN(C2CCCCC2O)CCC1N. The van der Waals surface area contributed by atoms with Crippen LogP contribution in [0.5, 0.6) is 0 Å². The third-order valence-corrected chi connectivity index (χ3v) is 4.51. The number of hydrogen-bond donors (Lipinski definition) is 2. The van der Waals surface area contributed by atoms with Gasteiger partial charge in [-0.1, -0.05) is 26.2 Å². The summed E-state index contributed by atoms with van der Waals surface area (Å²) in [5.41, 5.74) is 6.13. The van der Waals surface area contributed by atoms with Crippen molar-refractivity contribution in [2.45, 2.75) is 63.6 Å². The first-order valence-electron chi connectivity index (χ1n) is 6.90. The van der Waals surface area contributed by atoms with Crippen LogP contribution in [0.2, 0.25) is 0 Å². The van der Waals surface area contributed by atoms with Crippen LogP contribution in [-0.2, 0) is 0 Å². The summed E-state index contributed by atoms with van der Waals surface area (Å²) in [5.74, 6) is 0.628. The van der Waals surface area contributed by atoms with Crippen LogP contribution in [0.25, 0.3) is 0 Å². The van der Waals surface area contributed by atoms with Crippen molar-refractivity contribution in [3.05, 3.63) is 0 Å². The quantitative estimate of drug-likeness (QED) is 0.747.